The van der Waals surface area contributed by atoms with Gasteiger partial charge in [0.1, 0.15) is 5.75 Å². The number of halogens is 1. The molecule has 7 nitrogen and oxygen atoms in total. The summed E-state index contributed by atoms with van der Waals surface area (Å²) in [6.45, 7) is 6.19. The second-order valence-corrected chi connectivity index (χ2v) is 10.6. The number of methoxy groups -OCH3 is 1. The molecule has 1 saturated carbocycles. The summed E-state index contributed by atoms with van der Waals surface area (Å²) in [4.78, 5) is 28.1. The van der Waals surface area contributed by atoms with Crippen molar-refractivity contribution >= 4 is 39.1 Å². The summed E-state index contributed by atoms with van der Waals surface area (Å²) in [5.41, 5.74) is 4.27. The summed E-state index contributed by atoms with van der Waals surface area (Å²) in [5.74, 6) is 0.747. The van der Waals surface area contributed by atoms with Crippen LogP contribution in [0.5, 0.6) is 5.75 Å². The number of amides is 2. The largest absolute Gasteiger partial charge is 0.496 e. The number of hydrogen-bond acceptors (Lipinski definition) is 5. The Kier molecular flexibility index (Phi) is 7.71. The number of aryl methyl sites for hydroxylation is 1. The molecule has 0 saturated heterocycles. The Morgan fingerprint density at radius 1 is 1.14 bits per heavy atom. The second-order valence-electron chi connectivity index (χ2n) is 9.77. The van der Waals surface area contributed by atoms with E-state index in [-0.39, 0.29) is 29.8 Å². The minimum Gasteiger partial charge on any atom is -0.496 e. The average molecular weight is 544 g/mol. The predicted molar refractivity (Wildman–Crippen MR) is 141 cm³/mol. The maximum absolute atomic E-state index is 13.3. The molecule has 1 heterocycles. The molecule has 2 aromatic rings. The third-order valence-electron chi connectivity index (χ3n) is 7.32. The minimum atomic E-state index is -0.505. The Morgan fingerprint density at radius 3 is 2.51 bits per heavy atom. The van der Waals surface area contributed by atoms with E-state index in [9.17, 15) is 14.7 Å². The normalized spacial score (nSPS) is 21.3. The van der Waals surface area contributed by atoms with E-state index in [0.29, 0.717) is 12.1 Å². The van der Waals surface area contributed by atoms with Gasteiger partial charge in [-0.3, -0.25) is 9.59 Å². The zero-order valence-electron chi connectivity index (χ0n) is 20.7. The van der Waals surface area contributed by atoms with Crippen molar-refractivity contribution in [2.45, 2.75) is 71.2 Å². The molecule has 0 radical (unpaired) electrons. The van der Waals surface area contributed by atoms with Crippen LogP contribution >= 0.6 is 15.9 Å². The molecule has 3 N–H and O–H groups in total. The lowest BCUT2D eigenvalue weighted by Gasteiger charge is -2.34. The van der Waals surface area contributed by atoms with Gasteiger partial charge in [0, 0.05) is 52.0 Å². The molecule has 0 aromatic heterocycles. The predicted octanol–water partition coefficient (Wildman–Crippen LogP) is 5.10. The molecule has 1 aliphatic heterocycles. The van der Waals surface area contributed by atoms with Gasteiger partial charge in [0.15, 0.2) is 0 Å². The molecule has 2 amide bonds. The standard InChI is InChI=1S/C27H34BrN3O4/c1-15-5-8-19(13-25(15)35-4)30-26(33)18-6-9-21(10-7-18)31-14-23-22(27(31)34)11-20(12-24(23)28)29-16(2)17(3)32/h5,8,11-13,16-18,21,29,32H,6-7,9-10,14H2,1-4H3,(H,30,33). The Hall–Kier alpha value is -2.58. The van der Waals surface area contributed by atoms with Gasteiger partial charge < -0.3 is 25.4 Å². The van der Waals surface area contributed by atoms with Gasteiger partial charge in [0.05, 0.1) is 13.2 Å². The lowest BCUT2D eigenvalue weighted by molar-refractivity contribution is -0.121. The highest BCUT2D eigenvalue weighted by atomic mass is 79.9. The zero-order chi connectivity index (χ0) is 25.3. The number of anilines is 2. The van der Waals surface area contributed by atoms with Gasteiger partial charge in [-0.15, -0.1) is 0 Å². The third kappa shape index (κ3) is 5.48. The Balaban J connectivity index is 1.37. The molecule has 35 heavy (non-hydrogen) atoms. The van der Waals surface area contributed by atoms with Gasteiger partial charge in [0.25, 0.3) is 5.91 Å². The number of carbonyl (C=O) groups is 2. The van der Waals surface area contributed by atoms with Crippen molar-refractivity contribution < 1.29 is 19.4 Å². The monoisotopic (exact) mass is 543 g/mol. The summed E-state index contributed by atoms with van der Waals surface area (Å²) >= 11 is 3.64. The van der Waals surface area contributed by atoms with Gasteiger partial charge in [0.2, 0.25) is 5.91 Å². The van der Waals surface area contributed by atoms with E-state index in [4.69, 9.17) is 4.74 Å². The minimum absolute atomic E-state index is 0.0242. The molecule has 8 heteroatoms. The number of hydrogen-bond donors (Lipinski definition) is 3. The van der Waals surface area contributed by atoms with Crippen LogP contribution in [0.1, 0.15) is 61.0 Å². The number of benzene rings is 2. The highest BCUT2D eigenvalue weighted by molar-refractivity contribution is 9.10. The number of nitrogens with zero attached hydrogens (tertiary/aromatic N) is 1. The van der Waals surface area contributed by atoms with E-state index in [1.807, 2.05) is 49.1 Å². The van der Waals surface area contributed by atoms with E-state index < -0.39 is 6.10 Å². The van der Waals surface area contributed by atoms with Crippen molar-refractivity contribution in [2.75, 3.05) is 17.7 Å². The third-order valence-corrected chi connectivity index (χ3v) is 8.02. The maximum Gasteiger partial charge on any atom is 0.254 e. The highest BCUT2D eigenvalue weighted by Crippen LogP contribution is 2.38. The first-order valence-electron chi connectivity index (χ1n) is 12.2. The molecule has 1 fully saturated rings. The number of nitrogens with one attached hydrogen (secondary N) is 2. The quantitative estimate of drug-likeness (QED) is 0.451. The van der Waals surface area contributed by atoms with Crippen LogP contribution in [0.2, 0.25) is 0 Å². The lowest BCUT2D eigenvalue weighted by Crippen LogP contribution is -2.40. The molecule has 2 aromatic carbocycles. The number of fused-ring (bicyclic) bond motifs is 1. The van der Waals surface area contributed by atoms with Crippen molar-refractivity contribution in [2.24, 2.45) is 5.92 Å². The van der Waals surface area contributed by atoms with Crippen molar-refractivity contribution in [1.29, 1.82) is 0 Å². The first-order valence-corrected chi connectivity index (χ1v) is 13.0. The maximum atomic E-state index is 13.3. The fourth-order valence-corrected chi connectivity index (χ4v) is 5.52. The van der Waals surface area contributed by atoms with Crippen LogP contribution < -0.4 is 15.4 Å². The molecule has 2 aliphatic rings. The van der Waals surface area contributed by atoms with Crippen molar-refractivity contribution in [1.82, 2.24) is 4.90 Å². The van der Waals surface area contributed by atoms with E-state index in [2.05, 4.69) is 26.6 Å². The van der Waals surface area contributed by atoms with Crippen LogP contribution in [0.3, 0.4) is 0 Å². The first-order chi connectivity index (χ1) is 16.7. The van der Waals surface area contributed by atoms with Crippen LogP contribution in [-0.4, -0.2) is 47.1 Å². The molecular weight excluding hydrogens is 510 g/mol. The summed E-state index contributed by atoms with van der Waals surface area (Å²) in [5, 5.41) is 16.1. The van der Waals surface area contributed by atoms with E-state index in [1.165, 1.54) is 0 Å². The number of rotatable bonds is 7. The molecule has 2 atom stereocenters. The summed E-state index contributed by atoms with van der Waals surface area (Å²) in [6.07, 6.45) is 2.60. The van der Waals surface area contributed by atoms with Crippen LogP contribution in [0.15, 0.2) is 34.8 Å². The molecule has 0 bridgehead atoms. The molecule has 0 spiro atoms. The number of aliphatic hydroxyl groups is 1. The molecular formula is C27H34BrN3O4. The fourth-order valence-electron chi connectivity index (χ4n) is 4.94. The van der Waals surface area contributed by atoms with Gasteiger partial charge in [-0.25, -0.2) is 0 Å². The number of aliphatic hydroxyl groups excluding tert-OH is 1. The highest BCUT2D eigenvalue weighted by Gasteiger charge is 2.37. The SMILES string of the molecule is COc1cc(NC(=O)C2CCC(N3Cc4c(Br)cc(NC(C)C(C)O)cc4C3=O)CC2)ccc1C. The molecule has 188 valence electrons. The Labute approximate surface area is 215 Å². The lowest BCUT2D eigenvalue weighted by atomic mass is 9.84. The average Bonchev–Trinajstić information content (AvgIpc) is 3.17. The van der Waals surface area contributed by atoms with Crippen molar-refractivity contribution in [3.05, 3.63) is 51.5 Å². The zero-order valence-corrected chi connectivity index (χ0v) is 22.3. The van der Waals surface area contributed by atoms with Gasteiger partial charge in [-0.05, 0) is 75.8 Å². The summed E-state index contributed by atoms with van der Waals surface area (Å²) < 4.78 is 6.25. The summed E-state index contributed by atoms with van der Waals surface area (Å²) in [6, 6.07) is 9.53. The Morgan fingerprint density at radius 2 is 1.86 bits per heavy atom. The van der Waals surface area contributed by atoms with Gasteiger partial charge in [-0.1, -0.05) is 22.0 Å². The first kappa shape index (κ1) is 25.5. The van der Waals surface area contributed by atoms with Crippen LogP contribution in [0, 0.1) is 12.8 Å². The number of carbonyl (C=O) groups excluding carboxylic acids is 2. The van der Waals surface area contributed by atoms with Gasteiger partial charge >= 0.3 is 0 Å². The molecule has 4 rings (SSSR count). The smallest absolute Gasteiger partial charge is 0.254 e. The van der Waals surface area contributed by atoms with E-state index >= 15 is 0 Å². The van der Waals surface area contributed by atoms with E-state index in [0.717, 1.165) is 58.4 Å². The molecule has 2 unspecified atom stereocenters. The van der Waals surface area contributed by atoms with Crippen LogP contribution in [0.4, 0.5) is 11.4 Å². The summed E-state index contributed by atoms with van der Waals surface area (Å²) in [7, 11) is 1.62. The topological polar surface area (TPSA) is 90.9 Å². The van der Waals surface area contributed by atoms with Crippen LogP contribution in [-0.2, 0) is 11.3 Å². The van der Waals surface area contributed by atoms with Crippen molar-refractivity contribution in [3.63, 3.8) is 0 Å². The second kappa shape index (κ2) is 10.6. The Bertz CT molecular complexity index is 1110. The van der Waals surface area contributed by atoms with Gasteiger partial charge in [-0.2, -0.15) is 0 Å². The number of ether oxygens (including phenoxy) is 1. The van der Waals surface area contributed by atoms with Crippen LogP contribution in [0.25, 0.3) is 0 Å². The van der Waals surface area contributed by atoms with E-state index in [1.54, 1.807) is 14.0 Å². The fraction of sp³-hybridized carbons (Fsp3) is 0.481. The molecule has 1 aliphatic carbocycles. The van der Waals surface area contributed by atoms with Crippen molar-refractivity contribution in [3.8, 4) is 5.75 Å².